The number of carbonyl (C=O) groups excluding carboxylic acids is 1. The molecule has 0 amide bonds. The van der Waals surface area contributed by atoms with Crippen molar-refractivity contribution in [3.63, 3.8) is 0 Å². The minimum absolute atomic E-state index is 0.0129. The van der Waals surface area contributed by atoms with E-state index in [1.54, 1.807) is 25.1 Å². The molecule has 1 aliphatic rings. The van der Waals surface area contributed by atoms with E-state index in [4.69, 9.17) is 14.5 Å². The Kier molecular flexibility index (Phi) is 6.18. The summed E-state index contributed by atoms with van der Waals surface area (Å²) in [4.78, 5) is 17.8. The molecule has 0 fully saturated rings. The molecule has 1 aliphatic heterocycles. The highest BCUT2D eigenvalue weighted by atomic mass is 32.2. The molecule has 0 saturated carbocycles. The number of hydrogen-bond donors (Lipinski definition) is 2. The predicted molar refractivity (Wildman–Crippen MR) is 128 cm³/mol. The molecular weight excluding hydrogens is 426 g/mol. The van der Waals surface area contributed by atoms with Gasteiger partial charge in [-0.3, -0.25) is 0 Å². The van der Waals surface area contributed by atoms with Crippen molar-refractivity contribution in [2.75, 3.05) is 13.7 Å². The molecule has 0 aliphatic carbocycles. The number of thioether (sulfide) groups is 1. The Morgan fingerprint density at radius 1 is 1.09 bits per heavy atom. The number of benzene rings is 3. The van der Waals surface area contributed by atoms with Crippen LogP contribution in [0.5, 0.6) is 11.5 Å². The first-order chi connectivity index (χ1) is 15.5. The van der Waals surface area contributed by atoms with Gasteiger partial charge in [0.15, 0.2) is 11.5 Å². The van der Waals surface area contributed by atoms with Crippen LogP contribution in [0, 0.1) is 0 Å². The summed E-state index contributed by atoms with van der Waals surface area (Å²) in [6.45, 7) is 1.88. The maximum atomic E-state index is 12.6. The normalized spacial score (nSPS) is 16.2. The zero-order chi connectivity index (χ0) is 22.7. The number of phenolic OH excluding ortho intramolecular Hbond substituents is 1. The van der Waals surface area contributed by atoms with Crippen molar-refractivity contribution in [1.82, 2.24) is 0 Å². The maximum absolute atomic E-state index is 12.6. The molecule has 3 aromatic rings. The van der Waals surface area contributed by atoms with E-state index in [-0.39, 0.29) is 23.7 Å². The zero-order valence-electron chi connectivity index (χ0n) is 17.5. The summed E-state index contributed by atoms with van der Waals surface area (Å²) in [6, 6.07) is 18.4. The Hall–Kier alpha value is -3.71. The van der Waals surface area contributed by atoms with E-state index in [1.165, 1.54) is 24.9 Å². The number of rotatable bonds is 5. The predicted octanol–water partition coefficient (Wildman–Crippen LogP) is 5.75. The third-order valence-electron chi connectivity index (χ3n) is 4.86. The van der Waals surface area contributed by atoms with Crippen LogP contribution in [0.2, 0.25) is 0 Å². The second-order valence-electron chi connectivity index (χ2n) is 6.90. The van der Waals surface area contributed by atoms with E-state index in [1.807, 2.05) is 42.5 Å². The lowest BCUT2D eigenvalue weighted by Crippen LogP contribution is -2.12. The van der Waals surface area contributed by atoms with Gasteiger partial charge in [0.05, 0.1) is 24.3 Å². The van der Waals surface area contributed by atoms with Crippen LogP contribution in [0.4, 0.5) is 5.69 Å². The van der Waals surface area contributed by atoms with Gasteiger partial charge in [0, 0.05) is 5.39 Å². The highest BCUT2D eigenvalue weighted by Gasteiger charge is 2.33. The van der Waals surface area contributed by atoms with Crippen LogP contribution < -0.4 is 4.74 Å². The number of methoxy groups -OCH3 is 1. The van der Waals surface area contributed by atoms with Crippen molar-refractivity contribution >= 4 is 45.3 Å². The molecule has 1 heterocycles. The van der Waals surface area contributed by atoms with Crippen LogP contribution in [0.1, 0.15) is 12.5 Å². The van der Waals surface area contributed by atoms with Crippen LogP contribution in [-0.4, -0.2) is 34.9 Å². The molecule has 0 spiro atoms. The average Bonchev–Trinajstić information content (AvgIpc) is 3.10. The summed E-state index contributed by atoms with van der Waals surface area (Å²) >= 11 is 1.18. The number of carbonyl (C=O) groups is 1. The number of aliphatic hydroxyl groups excluding tert-OH is 1. The van der Waals surface area contributed by atoms with Crippen molar-refractivity contribution in [3.05, 3.63) is 82.5 Å². The van der Waals surface area contributed by atoms with Crippen molar-refractivity contribution in [1.29, 1.82) is 0 Å². The third-order valence-corrected chi connectivity index (χ3v) is 5.88. The van der Waals surface area contributed by atoms with Gasteiger partial charge in [0.1, 0.15) is 16.4 Å². The lowest BCUT2D eigenvalue weighted by molar-refractivity contribution is -0.138. The van der Waals surface area contributed by atoms with E-state index < -0.39 is 5.97 Å². The van der Waals surface area contributed by atoms with Crippen LogP contribution in [0.15, 0.2) is 81.9 Å². The summed E-state index contributed by atoms with van der Waals surface area (Å²) in [5.74, 6) is -0.511. The summed E-state index contributed by atoms with van der Waals surface area (Å²) in [7, 11) is 1.46. The number of fused-ring (bicyclic) bond motifs is 1. The smallest absolute Gasteiger partial charge is 0.344 e. The molecule has 7 heteroatoms. The second kappa shape index (κ2) is 9.20. The topological polar surface area (TPSA) is 88.4 Å². The zero-order valence-corrected chi connectivity index (χ0v) is 18.3. The van der Waals surface area contributed by atoms with Gasteiger partial charge >= 0.3 is 5.97 Å². The molecule has 0 bridgehead atoms. The molecule has 0 aromatic heterocycles. The molecule has 0 unspecified atom stereocenters. The number of ether oxygens (including phenoxy) is 2. The number of nitrogens with zero attached hydrogens (tertiary/aromatic N) is 1. The van der Waals surface area contributed by atoms with Gasteiger partial charge in [-0.25, -0.2) is 9.79 Å². The van der Waals surface area contributed by atoms with Gasteiger partial charge < -0.3 is 19.7 Å². The van der Waals surface area contributed by atoms with Gasteiger partial charge in [0.2, 0.25) is 0 Å². The first kappa shape index (κ1) is 21.5. The molecule has 32 heavy (non-hydrogen) atoms. The standard InChI is InChI=1S/C25H21NO5S/c1-3-31-25(29)22-23(28)21(14-15-11-12-19(27)20(13-15)30-2)32-24(22)26-18-10-6-8-16-7-4-5-9-17(16)18/h4-14,27-28H,3H2,1-2H3/b21-14-,26-24?. The molecule has 2 N–H and O–H groups in total. The van der Waals surface area contributed by atoms with Crippen molar-refractivity contribution in [2.45, 2.75) is 6.92 Å². The largest absolute Gasteiger partial charge is 0.506 e. The lowest BCUT2D eigenvalue weighted by Gasteiger charge is -2.06. The average molecular weight is 448 g/mol. The summed E-state index contributed by atoms with van der Waals surface area (Å²) in [5, 5.41) is 23.0. The molecule has 0 atom stereocenters. The Morgan fingerprint density at radius 3 is 2.66 bits per heavy atom. The Labute approximate surface area is 189 Å². The van der Waals surface area contributed by atoms with Gasteiger partial charge in [-0.1, -0.05) is 54.2 Å². The van der Waals surface area contributed by atoms with E-state index in [0.29, 0.717) is 26.9 Å². The van der Waals surface area contributed by atoms with E-state index in [0.717, 1.165) is 10.8 Å². The van der Waals surface area contributed by atoms with E-state index in [9.17, 15) is 15.0 Å². The highest BCUT2D eigenvalue weighted by Crippen LogP contribution is 2.41. The van der Waals surface area contributed by atoms with E-state index in [2.05, 4.69) is 0 Å². The maximum Gasteiger partial charge on any atom is 0.344 e. The monoisotopic (exact) mass is 447 g/mol. The molecule has 0 radical (unpaired) electrons. The number of esters is 1. The van der Waals surface area contributed by atoms with Crippen LogP contribution in [-0.2, 0) is 9.53 Å². The molecule has 0 saturated heterocycles. The summed E-state index contributed by atoms with van der Waals surface area (Å²) in [5.41, 5.74) is 1.40. The third kappa shape index (κ3) is 4.20. The van der Waals surface area contributed by atoms with Crippen LogP contribution in [0.25, 0.3) is 16.8 Å². The number of aromatic hydroxyl groups is 1. The Balaban J connectivity index is 1.81. The fourth-order valence-corrected chi connectivity index (χ4v) is 4.37. The number of aliphatic hydroxyl groups is 1. The van der Waals surface area contributed by atoms with Gasteiger partial charge in [-0.2, -0.15) is 0 Å². The van der Waals surface area contributed by atoms with Crippen LogP contribution >= 0.6 is 11.8 Å². The first-order valence-electron chi connectivity index (χ1n) is 9.96. The van der Waals surface area contributed by atoms with Gasteiger partial charge in [0.25, 0.3) is 0 Å². The van der Waals surface area contributed by atoms with Crippen molar-refractivity contribution < 1.29 is 24.5 Å². The lowest BCUT2D eigenvalue weighted by atomic mass is 10.1. The molecule has 4 rings (SSSR count). The highest BCUT2D eigenvalue weighted by molar-refractivity contribution is 8.18. The molecule has 6 nitrogen and oxygen atoms in total. The van der Waals surface area contributed by atoms with Crippen molar-refractivity contribution in [2.24, 2.45) is 4.99 Å². The molecule has 162 valence electrons. The molecular formula is C25H21NO5S. The Bertz CT molecular complexity index is 1290. The summed E-state index contributed by atoms with van der Waals surface area (Å²) in [6.07, 6.45) is 1.70. The Morgan fingerprint density at radius 2 is 1.88 bits per heavy atom. The second-order valence-corrected chi connectivity index (χ2v) is 7.93. The summed E-state index contributed by atoms with van der Waals surface area (Å²) < 4.78 is 10.3. The van der Waals surface area contributed by atoms with Gasteiger partial charge in [-0.05, 0) is 42.1 Å². The fraction of sp³-hybridized carbons (Fsp3) is 0.120. The molecule has 3 aromatic carbocycles. The number of aliphatic imine (C=N–C) groups is 1. The SMILES string of the molecule is CCOC(=O)C1=C(O)/C(=C/c2ccc(O)c(OC)c2)SC1=Nc1cccc2ccccc12. The van der Waals surface area contributed by atoms with Crippen LogP contribution in [0.3, 0.4) is 0 Å². The minimum Gasteiger partial charge on any atom is -0.506 e. The number of hydrogen-bond acceptors (Lipinski definition) is 7. The van der Waals surface area contributed by atoms with Crippen molar-refractivity contribution in [3.8, 4) is 11.5 Å². The fourth-order valence-electron chi connectivity index (χ4n) is 3.34. The minimum atomic E-state index is -0.636. The first-order valence-corrected chi connectivity index (χ1v) is 10.8. The van der Waals surface area contributed by atoms with Gasteiger partial charge in [-0.15, -0.1) is 0 Å². The quantitative estimate of drug-likeness (QED) is 0.485. The number of phenols is 1. The van der Waals surface area contributed by atoms with E-state index >= 15 is 0 Å².